The molecule has 126 valence electrons. The fraction of sp³-hybridized carbons (Fsp3) is 0.500. The summed E-state index contributed by atoms with van der Waals surface area (Å²) in [4.78, 5) is 11.6. The zero-order chi connectivity index (χ0) is 17.6. The van der Waals surface area contributed by atoms with Crippen LogP contribution >= 0.6 is 0 Å². The number of hydrogen-bond acceptors (Lipinski definition) is 5. The van der Waals surface area contributed by atoms with Crippen LogP contribution in [-0.2, 0) is 4.74 Å². The summed E-state index contributed by atoms with van der Waals surface area (Å²) >= 11 is 0. The number of rotatable bonds is 5. The number of anilines is 1. The van der Waals surface area contributed by atoms with Crippen LogP contribution in [0.25, 0.3) is 0 Å². The minimum absolute atomic E-state index is 0.0514. The first-order chi connectivity index (χ1) is 10.7. The van der Waals surface area contributed by atoms with E-state index in [4.69, 9.17) is 10.00 Å². The molecular weight excluding hydrogens is 301 g/mol. The predicted octanol–water partition coefficient (Wildman–Crippen LogP) is 2.69. The van der Waals surface area contributed by atoms with Gasteiger partial charge < -0.3 is 15.2 Å². The standard InChI is InChI=1S/C16H22FN3O3/c1-5-23-15(22)20-14-10(8-18)6-11(17)7-12(14)13(21)9-19-16(2,3)4/h6-7,13,19,21H,5,9H2,1-4H3,(H,20,22). The van der Waals surface area contributed by atoms with Gasteiger partial charge in [0.15, 0.2) is 0 Å². The summed E-state index contributed by atoms with van der Waals surface area (Å²) in [6.45, 7) is 7.68. The second kappa shape index (κ2) is 7.90. The Hall–Kier alpha value is -2.17. The lowest BCUT2D eigenvalue weighted by atomic mass is 10.0. The summed E-state index contributed by atoms with van der Waals surface area (Å²) < 4.78 is 18.5. The van der Waals surface area contributed by atoms with E-state index in [1.54, 1.807) is 6.92 Å². The van der Waals surface area contributed by atoms with E-state index in [0.29, 0.717) is 0 Å². The third-order valence-corrected chi connectivity index (χ3v) is 2.94. The first-order valence-corrected chi connectivity index (χ1v) is 7.28. The van der Waals surface area contributed by atoms with Gasteiger partial charge >= 0.3 is 6.09 Å². The largest absolute Gasteiger partial charge is 0.450 e. The van der Waals surface area contributed by atoms with Crippen molar-refractivity contribution in [3.8, 4) is 6.07 Å². The van der Waals surface area contributed by atoms with Crippen molar-refractivity contribution >= 4 is 11.8 Å². The molecule has 0 saturated heterocycles. The zero-order valence-electron chi connectivity index (χ0n) is 13.7. The molecule has 1 aromatic rings. The van der Waals surface area contributed by atoms with E-state index >= 15 is 0 Å². The van der Waals surface area contributed by atoms with Gasteiger partial charge in [-0.1, -0.05) is 0 Å². The summed E-state index contributed by atoms with van der Waals surface area (Å²) in [5, 5.41) is 24.9. The van der Waals surface area contributed by atoms with Gasteiger partial charge in [-0.05, 0) is 39.8 Å². The summed E-state index contributed by atoms with van der Waals surface area (Å²) in [5.41, 5.74) is -0.161. The van der Waals surface area contributed by atoms with Crippen LogP contribution < -0.4 is 10.6 Å². The minimum Gasteiger partial charge on any atom is -0.450 e. The molecule has 1 rings (SSSR count). The number of carbonyl (C=O) groups is 1. The third kappa shape index (κ3) is 5.85. The second-order valence-electron chi connectivity index (χ2n) is 6.02. The van der Waals surface area contributed by atoms with Gasteiger partial charge in [-0.2, -0.15) is 5.26 Å². The van der Waals surface area contributed by atoms with Gasteiger partial charge in [0.2, 0.25) is 0 Å². The molecule has 0 fully saturated rings. The summed E-state index contributed by atoms with van der Waals surface area (Å²) in [5.74, 6) is -0.666. The van der Waals surface area contributed by atoms with E-state index in [2.05, 4.69) is 10.6 Å². The number of hydrogen-bond donors (Lipinski definition) is 3. The summed E-state index contributed by atoms with van der Waals surface area (Å²) in [7, 11) is 0. The fourth-order valence-electron chi connectivity index (χ4n) is 1.90. The van der Waals surface area contributed by atoms with Crippen molar-refractivity contribution in [2.45, 2.75) is 39.3 Å². The van der Waals surface area contributed by atoms with E-state index in [9.17, 15) is 14.3 Å². The molecule has 1 aromatic carbocycles. The summed E-state index contributed by atoms with van der Waals surface area (Å²) in [6.07, 6.45) is -1.87. The number of aliphatic hydroxyl groups excluding tert-OH is 1. The van der Waals surface area contributed by atoms with Crippen molar-refractivity contribution in [1.82, 2.24) is 5.32 Å². The van der Waals surface area contributed by atoms with Crippen molar-refractivity contribution in [2.75, 3.05) is 18.5 Å². The number of nitrogens with one attached hydrogen (secondary N) is 2. The van der Waals surface area contributed by atoms with Crippen LogP contribution in [0.5, 0.6) is 0 Å². The van der Waals surface area contributed by atoms with Crippen molar-refractivity contribution in [3.63, 3.8) is 0 Å². The van der Waals surface area contributed by atoms with Crippen molar-refractivity contribution < 1.29 is 19.0 Å². The highest BCUT2D eigenvalue weighted by Gasteiger charge is 2.21. The van der Waals surface area contributed by atoms with Gasteiger partial charge in [-0.3, -0.25) is 5.32 Å². The molecule has 0 radical (unpaired) electrons. The first kappa shape index (κ1) is 18.9. The van der Waals surface area contributed by atoms with E-state index in [1.165, 1.54) is 0 Å². The zero-order valence-corrected chi connectivity index (χ0v) is 13.7. The first-order valence-electron chi connectivity index (χ1n) is 7.28. The number of aliphatic hydroxyl groups is 1. The number of β-amino-alcohol motifs (C(OH)–C–C–N with tert-alkyl or cyclic N) is 1. The fourth-order valence-corrected chi connectivity index (χ4v) is 1.90. The molecule has 1 amide bonds. The summed E-state index contributed by atoms with van der Waals surface area (Å²) in [6, 6.07) is 3.90. The molecule has 0 aliphatic rings. The van der Waals surface area contributed by atoms with E-state index in [1.807, 2.05) is 26.8 Å². The number of halogens is 1. The van der Waals surface area contributed by atoms with E-state index in [0.717, 1.165) is 12.1 Å². The van der Waals surface area contributed by atoms with Crippen LogP contribution in [0.1, 0.15) is 44.9 Å². The van der Waals surface area contributed by atoms with Crippen LogP contribution in [0.3, 0.4) is 0 Å². The molecule has 0 saturated carbocycles. The van der Waals surface area contributed by atoms with Crippen LogP contribution in [-0.4, -0.2) is 29.9 Å². The molecule has 1 unspecified atom stereocenters. The average molecular weight is 323 g/mol. The molecule has 0 aromatic heterocycles. The van der Waals surface area contributed by atoms with Crippen LogP contribution in [0.15, 0.2) is 12.1 Å². The molecule has 7 heteroatoms. The molecule has 3 N–H and O–H groups in total. The second-order valence-corrected chi connectivity index (χ2v) is 6.02. The van der Waals surface area contributed by atoms with Gasteiger partial charge in [0.05, 0.1) is 24.0 Å². The molecule has 0 aliphatic carbocycles. The molecule has 0 bridgehead atoms. The third-order valence-electron chi connectivity index (χ3n) is 2.94. The highest BCUT2D eigenvalue weighted by Crippen LogP contribution is 2.28. The highest BCUT2D eigenvalue weighted by atomic mass is 19.1. The molecule has 23 heavy (non-hydrogen) atoms. The Kier molecular flexibility index (Phi) is 6.49. The topological polar surface area (TPSA) is 94.4 Å². The Balaban J connectivity index is 3.15. The normalized spacial score (nSPS) is 12.4. The number of benzene rings is 1. The molecule has 1 atom stereocenters. The molecule has 0 heterocycles. The van der Waals surface area contributed by atoms with Crippen LogP contribution in [0.2, 0.25) is 0 Å². The molecule has 6 nitrogen and oxygen atoms in total. The Morgan fingerprint density at radius 1 is 1.48 bits per heavy atom. The smallest absolute Gasteiger partial charge is 0.411 e. The van der Waals surface area contributed by atoms with Gasteiger partial charge in [0.1, 0.15) is 11.9 Å². The van der Waals surface area contributed by atoms with Crippen molar-refractivity contribution in [2.24, 2.45) is 0 Å². The minimum atomic E-state index is -1.10. The number of nitrogens with zero attached hydrogens (tertiary/aromatic N) is 1. The van der Waals surface area contributed by atoms with Crippen LogP contribution in [0, 0.1) is 17.1 Å². The maximum atomic E-state index is 13.7. The molecule has 0 spiro atoms. The lowest BCUT2D eigenvalue weighted by Gasteiger charge is -2.24. The van der Waals surface area contributed by atoms with Gasteiger partial charge in [-0.15, -0.1) is 0 Å². The Morgan fingerprint density at radius 3 is 2.65 bits per heavy atom. The lowest BCUT2D eigenvalue weighted by molar-refractivity contribution is 0.162. The van der Waals surface area contributed by atoms with Crippen LogP contribution in [0.4, 0.5) is 14.9 Å². The van der Waals surface area contributed by atoms with E-state index in [-0.39, 0.29) is 35.5 Å². The monoisotopic (exact) mass is 323 g/mol. The number of ether oxygens (including phenoxy) is 1. The number of carbonyl (C=O) groups excluding carboxylic acids is 1. The van der Waals surface area contributed by atoms with Crippen molar-refractivity contribution in [3.05, 3.63) is 29.1 Å². The number of nitriles is 1. The number of amides is 1. The molecular formula is C16H22FN3O3. The Morgan fingerprint density at radius 2 is 2.13 bits per heavy atom. The highest BCUT2D eigenvalue weighted by molar-refractivity contribution is 5.88. The lowest BCUT2D eigenvalue weighted by Crippen LogP contribution is -2.38. The average Bonchev–Trinajstić information content (AvgIpc) is 2.45. The maximum absolute atomic E-state index is 13.7. The quantitative estimate of drug-likeness (QED) is 0.774. The predicted molar refractivity (Wildman–Crippen MR) is 84.5 cm³/mol. The van der Waals surface area contributed by atoms with Crippen molar-refractivity contribution in [1.29, 1.82) is 5.26 Å². The SMILES string of the molecule is CCOC(=O)Nc1c(C#N)cc(F)cc1C(O)CNC(C)(C)C. The molecule has 0 aliphatic heterocycles. The van der Waals surface area contributed by atoms with E-state index < -0.39 is 18.0 Å². The van der Waals surface area contributed by atoms with Gasteiger partial charge in [-0.25, -0.2) is 9.18 Å². The van der Waals surface area contributed by atoms with Gasteiger partial charge in [0, 0.05) is 17.6 Å². The maximum Gasteiger partial charge on any atom is 0.411 e. The Labute approximate surface area is 135 Å². The Bertz CT molecular complexity index is 606. The van der Waals surface area contributed by atoms with Gasteiger partial charge in [0.25, 0.3) is 0 Å².